The van der Waals surface area contributed by atoms with E-state index in [9.17, 15) is 14.4 Å². The van der Waals surface area contributed by atoms with Crippen LogP contribution in [0.4, 0.5) is 11.6 Å². The van der Waals surface area contributed by atoms with E-state index >= 15 is 0 Å². The topological polar surface area (TPSA) is 97.4 Å². The molecule has 1 N–H and O–H groups in total. The minimum atomic E-state index is -0.420. The van der Waals surface area contributed by atoms with E-state index in [-0.39, 0.29) is 18.0 Å². The van der Waals surface area contributed by atoms with Crippen LogP contribution in [0, 0.1) is 0 Å². The molecule has 4 aromatic rings. The largest absolute Gasteiger partial charge is 0.340 e. The fraction of sp³-hybridized carbons (Fsp3) is 0.308. The Morgan fingerprint density at radius 3 is 2.34 bits per heavy atom. The Kier molecular flexibility index (Phi) is 7.29. The Bertz CT molecular complexity index is 1620. The van der Waals surface area contributed by atoms with Crippen molar-refractivity contribution in [3.05, 3.63) is 85.0 Å². The molecule has 0 radical (unpaired) electrons. The molecule has 5 rings (SSSR count). The lowest BCUT2D eigenvalue weighted by Crippen LogP contribution is -2.49. The van der Waals surface area contributed by atoms with E-state index in [1.54, 1.807) is 25.2 Å². The maximum absolute atomic E-state index is 13.2. The first-order chi connectivity index (χ1) is 18.2. The second kappa shape index (κ2) is 10.6. The van der Waals surface area contributed by atoms with Gasteiger partial charge in [0.15, 0.2) is 11.2 Å². The maximum atomic E-state index is 13.2. The van der Waals surface area contributed by atoms with E-state index in [4.69, 9.17) is 28.2 Å². The third-order valence-electron chi connectivity index (χ3n) is 6.74. The van der Waals surface area contributed by atoms with Crippen LogP contribution in [0.25, 0.3) is 11.2 Å². The van der Waals surface area contributed by atoms with Gasteiger partial charge in [-0.1, -0.05) is 53.5 Å². The van der Waals surface area contributed by atoms with Gasteiger partial charge in [-0.25, -0.2) is 4.79 Å². The van der Waals surface area contributed by atoms with Gasteiger partial charge in [-0.15, -0.1) is 0 Å². The zero-order chi connectivity index (χ0) is 27.0. The normalized spacial score (nSPS) is 14.3. The van der Waals surface area contributed by atoms with Gasteiger partial charge in [0.1, 0.15) is 0 Å². The van der Waals surface area contributed by atoms with Gasteiger partial charge in [-0.2, -0.15) is 4.98 Å². The van der Waals surface area contributed by atoms with Crippen LogP contribution in [-0.4, -0.2) is 62.2 Å². The number of carbonyl (C=O) groups is 1. The van der Waals surface area contributed by atoms with Gasteiger partial charge in [-0.05, 0) is 23.8 Å². The van der Waals surface area contributed by atoms with Crippen molar-refractivity contribution < 1.29 is 4.79 Å². The number of hydrogen-bond donors (Lipinski definition) is 1. The van der Waals surface area contributed by atoms with Gasteiger partial charge in [0.25, 0.3) is 5.56 Å². The number of rotatable bonds is 6. The Morgan fingerprint density at radius 1 is 0.947 bits per heavy atom. The van der Waals surface area contributed by atoms with Crippen LogP contribution < -0.4 is 21.5 Å². The SMILES string of the molecule is Cn1c(=O)c2c(nc(N3CCN(CC(=O)Nc4ccc(Cl)c(Cl)c4)CC3)n2Cc2ccccc2)n(C)c1=O. The summed E-state index contributed by atoms with van der Waals surface area (Å²) >= 11 is 12.0. The molecule has 1 amide bonds. The summed E-state index contributed by atoms with van der Waals surface area (Å²) < 4.78 is 4.41. The molecule has 1 aliphatic heterocycles. The van der Waals surface area contributed by atoms with E-state index in [2.05, 4.69) is 15.1 Å². The van der Waals surface area contributed by atoms with Crippen molar-refractivity contribution in [3.8, 4) is 0 Å². The molecule has 0 spiro atoms. The van der Waals surface area contributed by atoms with Crippen LogP contribution in [0.2, 0.25) is 10.0 Å². The summed E-state index contributed by atoms with van der Waals surface area (Å²) in [7, 11) is 3.10. The number of aromatic nitrogens is 4. The molecule has 0 unspecified atom stereocenters. The Balaban J connectivity index is 1.36. The maximum Gasteiger partial charge on any atom is 0.332 e. The molecule has 0 bridgehead atoms. The second-order valence-corrected chi connectivity index (χ2v) is 10.1. The molecule has 3 heterocycles. The highest BCUT2D eigenvalue weighted by molar-refractivity contribution is 6.42. The lowest BCUT2D eigenvalue weighted by atomic mass is 10.2. The monoisotopic (exact) mass is 555 g/mol. The van der Waals surface area contributed by atoms with Crippen LogP contribution >= 0.6 is 23.2 Å². The molecule has 0 aliphatic carbocycles. The van der Waals surface area contributed by atoms with Crippen molar-refractivity contribution in [2.75, 3.05) is 42.9 Å². The van der Waals surface area contributed by atoms with Crippen molar-refractivity contribution in [2.24, 2.45) is 14.1 Å². The lowest BCUT2D eigenvalue weighted by molar-refractivity contribution is -0.117. The third-order valence-corrected chi connectivity index (χ3v) is 7.48. The van der Waals surface area contributed by atoms with Gasteiger partial charge in [-0.3, -0.25) is 28.2 Å². The Hall–Kier alpha value is -3.60. The summed E-state index contributed by atoms with van der Waals surface area (Å²) in [5, 5.41) is 3.66. The molecule has 2 aromatic heterocycles. The molecule has 0 saturated carbocycles. The van der Waals surface area contributed by atoms with Gasteiger partial charge in [0.2, 0.25) is 11.9 Å². The number of fused-ring (bicyclic) bond motifs is 1. The lowest BCUT2D eigenvalue weighted by Gasteiger charge is -2.35. The van der Waals surface area contributed by atoms with Gasteiger partial charge in [0, 0.05) is 46.0 Å². The minimum Gasteiger partial charge on any atom is -0.340 e. The molecule has 1 aliphatic rings. The number of nitrogens with zero attached hydrogens (tertiary/aromatic N) is 6. The highest BCUT2D eigenvalue weighted by atomic mass is 35.5. The number of anilines is 2. The average molecular weight is 556 g/mol. The van der Waals surface area contributed by atoms with E-state index in [0.29, 0.717) is 65.6 Å². The Labute approximate surface area is 228 Å². The fourth-order valence-corrected chi connectivity index (χ4v) is 4.97. The molecule has 0 atom stereocenters. The van der Waals surface area contributed by atoms with Crippen LogP contribution in [-0.2, 0) is 25.4 Å². The number of imidazole rings is 1. The van der Waals surface area contributed by atoms with Crippen molar-refractivity contribution in [2.45, 2.75) is 6.54 Å². The summed E-state index contributed by atoms with van der Waals surface area (Å²) in [5.41, 5.74) is 1.54. The van der Waals surface area contributed by atoms with Crippen LogP contribution in [0.1, 0.15) is 5.56 Å². The fourth-order valence-electron chi connectivity index (χ4n) is 4.68. The summed E-state index contributed by atoms with van der Waals surface area (Å²) in [6.07, 6.45) is 0. The van der Waals surface area contributed by atoms with Crippen molar-refractivity contribution in [3.63, 3.8) is 0 Å². The summed E-state index contributed by atoms with van der Waals surface area (Å²) in [5.74, 6) is 0.480. The van der Waals surface area contributed by atoms with Crippen LogP contribution in [0.3, 0.4) is 0 Å². The molecule has 198 valence electrons. The van der Waals surface area contributed by atoms with Gasteiger partial charge in [0.05, 0.1) is 23.1 Å². The van der Waals surface area contributed by atoms with Crippen LogP contribution in [0.15, 0.2) is 58.1 Å². The van der Waals surface area contributed by atoms with Crippen molar-refractivity contribution in [1.82, 2.24) is 23.6 Å². The van der Waals surface area contributed by atoms with Crippen molar-refractivity contribution >= 4 is 51.9 Å². The van der Waals surface area contributed by atoms with E-state index in [1.165, 1.54) is 11.6 Å². The van der Waals surface area contributed by atoms with E-state index < -0.39 is 5.69 Å². The predicted molar refractivity (Wildman–Crippen MR) is 150 cm³/mol. The quantitative estimate of drug-likeness (QED) is 0.392. The molecular weight excluding hydrogens is 529 g/mol. The highest BCUT2D eigenvalue weighted by Crippen LogP contribution is 2.25. The zero-order valence-electron chi connectivity index (χ0n) is 21.0. The molecule has 1 saturated heterocycles. The number of hydrogen-bond acceptors (Lipinski definition) is 6. The first kappa shape index (κ1) is 26.0. The molecular formula is C26H27Cl2N7O3. The first-order valence-corrected chi connectivity index (χ1v) is 12.9. The average Bonchev–Trinajstić information content (AvgIpc) is 3.28. The number of piperazine rings is 1. The number of carbonyl (C=O) groups excluding carboxylic acids is 1. The molecule has 12 heteroatoms. The van der Waals surface area contributed by atoms with Gasteiger partial charge < -0.3 is 10.2 Å². The number of nitrogens with one attached hydrogen (secondary N) is 1. The van der Waals surface area contributed by atoms with E-state index in [1.807, 2.05) is 34.9 Å². The van der Waals surface area contributed by atoms with Gasteiger partial charge >= 0.3 is 5.69 Å². The number of halogens is 2. The number of benzene rings is 2. The highest BCUT2D eigenvalue weighted by Gasteiger charge is 2.26. The molecule has 1 fully saturated rings. The third kappa shape index (κ3) is 5.07. The standard InChI is InChI=1S/C26H27Cl2N7O3/c1-31-23-22(24(37)32(2)26(31)38)35(15-17-6-4-3-5-7-17)25(30-23)34-12-10-33(11-13-34)16-21(36)29-18-8-9-19(27)20(28)14-18/h3-9,14H,10-13,15-16H2,1-2H3,(H,29,36). The number of aryl methyl sites for hydroxylation is 1. The van der Waals surface area contributed by atoms with E-state index in [0.717, 1.165) is 10.1 Å². The second-order valence-electron chi connectivity index (χ2n) is 9.30. The smallest absolute Gasteiger partial charge is 0.332 e. The van der Waals surface area contributed by atoms with Crippen molar-refractivity contribution in [1.29, 1.82) is 0 Å². The number of amides is 1. The molecule has 2 aromatic carbocycles. The summed E-state index contributed by atoms with van der Waals surface area (Å²) in [4.78, 5) is 47.3. The zero-order valence-corrected chi connectivity index (χ0v) is 22.5. The minimum absolute atomic E-state index is 0.147. The van der Waals surface area contributed by atoms with Crippen LogP contribution in [0.5, 0.6) is 0 Å². The molecule has 10 nitrogen and oxygen atoms in total. The summed E-state index contributed by atoms with van der Waals surface area (Å²) in [6, 6.07) is 14.8. The Morgan fingerprint density at radius 2 is 1.66 bits per heavy atom. The summed E-state index contributed by atoms with van der Waals surface area (Å²) in [6.45, 7) is 3.12. The first-order valence-electron chi connectivity index (χ1n) is 12.2. The molecule has 38 heavy (non-hydrogen) atoms. The predicted octanol–water partition coefficient (Wildman–Crippen LogP) is 2.55.